The number of hydrogen-bond acceptors (Lipinski definition) is 2. The third-order valence-electron chi connectivity index (χ3n) is 10.9. The standard InChI is InChI=1S/C48H28N2OS/c1-5-18-39-32(11-1)33-12-2-6-19-40(33)50(39)42-20-10-17-38-45-41(28-27-37-35-14-4-8-22-44(35)52-48(37)45)49(46(38)42)30-25-23-29(24-26-30)31-15-9-16-36-34-13-3-7-21-43(34)51-47(31)36/h1-28H. The molecule has 0 atom stereocenters. The van der Waals surface area contributed by atoms with Crippen molar-refractivity contribution in [1.82, 2.24) is 9.13 Å². The van der Waals surface area contributed by atoms with Crippen molar-refractivity contribution in [2.45, 2.75) is 0 Å². The van der Waals surface area contributed by atoms with E-state index in [-0.39, 0.29) is 0 Å². The van der Waals surface area contributed by atoms with E-state index in [1.54, 1.807) is 0 Å². The van der Waals surface area contributed by atoms with E-state index in [0.29, 0.717) is 0 Å². The van der Waals surface area contributed by atoms with Crippen LogP contribution >= 0.6 is 11.3 Å². The van der Waals surface area contributed by atoms with Gasteiger partial charge in [0.05, 0.1) is 27.8 Å². The van der Waals surface area contributed by atoms with Crippen LogP contribution in [0, 0.1) is 0 Å². The molecule has 242 valence electrons. The number of nitrogens with zero attached hydrogens (tertiary/aromatic N) is 2. The molecule has 3 nitrogen and oxygen atoms in total. The van der Waals surface area contributed by atoms with E-state index in [0.717, 1.165) is 44.4 Å². The van der Waals surface area contributed by atoms with Crippen LogP contribution in [0.4, 0.5) is 0 Å². The second kappa shape index (κ2) is 10.5. The Labute approximate surface area is 301 Å². The van der Waals surface area contributed by atoms with Crippen LogP contribution in [0.2, 0.25) is 0 Å². The van der Waals surface area contributed by atoms with Crippen molar-refractivity contribution in [2.75, 3.05) is 0 Å². The van der Waals surface area contributed by atoms with Gasteiger partial charge in [-0.2, -0.15) is 0 Å². The molecule has 4 heterocycles. The van der Waals surface area contributed by atoms with Crippen molar-refractivity contribution in [3.63, 3.8) is 0 Å². The molecule has 0 aliphatic heterocycles. The first kappa shape index (κ1) is 28.1. The average molecular weight is 681 g/mol. The Morgan fingerprint density at radius 3 is 1.88 bits per heavy atom. The highest BCUT2D eigenvalue weighted by atomic mass is 32.1. The summed E-state index contributed by atoms with van der Waals surface area (Å²) >= 11 is 1.89. The quantitative estimate of drug-likeness (QED) is 0.182. The number of rotatable bonds is 3. The molecular formula is C48H28N2OS. The molecule has 52 heavy (non-hydrogen) atoms. The van der Waals surface area contributed by atoms with E-state index >= 15 is 0 Å². The summed E-state index contributed by atoms with van der Waals surface area (Å²) in [6.45, 7) is 0. The first-order valence-corrected chi connectivity index (χ1v) is 18.5. The third-order valence-corrected chi connectivity index (χ3v) is 12.1. The van der Waals surface area contributed by atoms with Crippen molar-refractivity contribution in [1.29, 1.82) is 0 Å². The highest BCUT2D eigenvalue weighted by molar-refractivity contribution is 7.26. The minimum atomic E-state index is 0.914. The summed E-state index contributed by atoms with van der Waals surface area (Å²) in [6, 6.07) is 61.6. The van der Waals surface area contributed by atoms with Crippen LogP contribution in [0.5, 0.6) is 0 Å². The molecule has 0 amide bonds. The Morgan fingerprint density at radius 1 is 0.423 bits per heavy atom. The fraction of sp³-hybridized carbons (Fsp3) is 0. The Kier molecular flexibility index (Phi) is 5.65. The molecule has 0 spiro atoms. The zero-order valence-electron chi connectivity index (χ0n) is 27.9. The summed E-state index contributed by atoms with van der Waals surface area (Å²) in [7, 11) is 0. The van der Waals surface area contributed by atoms with Gasteiger partial charge in [-0.05, 0) is 54.1 Å². The Hall–Kier alpha value is -6.62. The van der Waals surface area contributed by atoms with E-state index in [9.17, 15) is 0 Å². The smallest absolute Gasteiger partial charge is 0.143 e. The minimum Gasteiger partial charge on any atom is -0.455 e. The molecule has 0 N–H and O–H groups in total. The maximum absolute atomic E-state index is 6.44. The minimum absolute atomic E-state index is 0.914. The van der Waals surface area contributed by atoms with Crippen molar-refractivity contribution in [3.8, 4) is 22.5 Å². The van der Waals surface area contributed by atoms with Gasteiger partial charge in [-0.1, -0.05) is 121 Å². The molecule has 0 fully saturated rings. The summed E-state index contributed by atoms with van der Waals surface area (Å²) in [6.07, 6.45) is 0. The zero-order chi connectivity index (χ0) is 33.9. The fourth-order valence-electron chi connectivity index (χ4n) is 8.71. The molecule has 4 aromatic heterocycles. The molecule has 0 aliphatic carbocycles. The molecule has 0 saturated heterocycles. The van der Waals surface area contributed by atoms with Gasteiger partial charge in [0, 0.05) is 63.7 Å². The van der Waals surface area contributed by atoms with Gasteiger partial charge in [-0.3, -0.25) is 0 Å². The van der Waals surface area contributed by atoms with E-state index in [1.165, 1.54) is 63.8 Å². The monoisotopic (exact) mass is 680 g/mol. The lowest BCUT2D eigenvalue weighted by molar-refractivity contribution is 0.670. The van der Waals surface area contributed by atoms with Gasteiger partial charge in [0.15, 0.2) is 0 Å². The van der Waals surface area contributed by atoms with Crippen LogP contribution in [-0.4, -0.2) is 9.13 Å². The predicted molar refractivity (Wildman–Crippen MR) is 221 cm³/mol. The summed E-state index contributed by atoms with van der Waals surface area (Å²) in [5, 5.41) is 9.98. The first-order chi connectivity index (χ1) is 25.8. The van der Waals surface area contributed by atoms with Crippen LogP contribution in [0.15, 0.2) is 174 Å². The maximum atomic E-state index is 6.44. The Bertz CT molecular complexity index is 3360. The highest BCUT2D eigenvalue weighted by Gasteiger charge is 2.22. The second-order valence-electron chi connectivity index (χ2n) is 13.6. The summed E-state index contributed by atoms with van der Waals surface area (Å²) in [5.41, 5.74) is 11.2. The third kappa shape index (κ3) is 3.74. The predicted octanol–water partition coefficient (Wildman–Crippen LogP) is 13.8. The molecule has 0 bridgehead atoms. The number of hydrogen-bond donors (Lipinski definition) is 0. The van der Waals surface area contributed by atoms with Crippen molar-refractivity contribution in [3.05, 3.63) is 170 Å². The topological polar surface area (TPSA) is 23.0 Å². The number of aromatic nitrogens is 2. The van der Waals surface area contributed by atoms with Crippen LogP contribution in [0.3, 0.4) is 0 Å². The van der Waals surface area contributed by atoms with Crippen LogP contribution < -0.4 is 0 Å². The number of benzene rings is 8. The van der Waals surface area contributed by atoms with Gasteiger partial charge in [-0.25, -0.2) is 0 Å². The van der Waals surface area contributed by atoms with E-state index < -0.39 is 0 Å². The lowest BCUT2D eigenvalue weighted by Crippen LogP contribution is -2.00. The van der Waals surface area contributed by atoms with Crippen LogP contribution in [0.25, 0.3) is 108 Å². The van der Waals surface area contributed by atoms with E-state index in [2.05, 4.69) is 167 Å². The van der Waals surface area contributed by atoms with Crippen LogP contribution in [0.1, 0.15) is 0 Å². The first-order valence-electron chi connectivity index (χ1n) is 17.7. The molecule has 12 rings (SSSR count). The average Bonchev–Trinajstić information content (AvgIpc) is 3.95. The van der Waals surface area contributed by atoms with Gasteiger partial charge < -0.3 is 13.6 Å². The summed E-state index contributed by atoms with van der Waals surface area (Å²) in [5.74, 6) is 0. The lowest BCUT2D eigenvalue weighted by atomic mass is 10.0. The van der Waals surface area contributed by atoms with Crippen molar-refractivity contribution >= 4 is 97.1 Å². The van der Waals surface area contributed by atoms with Crippen molar-refractivity contribution < 1.29 is 4.42 Å². The van der Waals surface area contributed by atoms with E-state index in [4.69, 9.17) is 4.42 Å². The molecular weight excluding hydrogens is 653 g/mol. The Morgan fingerprint density at radius 2 is 1.08 bits per heavy atom. The molecule has 12 aromatic rings. The number of para-hydroxylation sites is 5. The fourth-order valence-corrected chi connectivity index (χ4v) is 9.97. The van der Waals surface area contributed by atoms with Crippen molar-refractivity contribution in [2.24, 2.45) is 0 Å². The number of thiophene rings is 1. The molecule has 0 unspecified atom stereocenters. The molecule has 0 radical (unpaired) electrons. The number of fused-ring (bicyclic) bond motifs is 13. The maximum Gasteiger partial charge on any atom is 0.143 e. The molecule has 0 aliphatic rings. The molecule has 0 saturated carbocycles. The normalized spacial score (nSPS) is 12.2. The highest BCUT2D eigenvalue weighted by Crippen LogP contribution is 2.46. The molecule has 4 heteroatoms. The summed E-state index contributed by atoms with van der Waals surface area (Å²) < 4.78 is 14.0. The zero-order valence-corrected chi connectivity index (χ0v) is 28.7. The van der Waals surface area contributed by atoms with Gasteiger partial charge in [-0.15, -0.1) is 11.3 Å². The SMILES string of the molecule is c1ccc2c(c1)oc1c(-c3ccc(-n4c5ccc6c7ccccc7sc6c5c5cccc(-n6c7ccccc7c7ccccc76)c54)cc3)cccc12. The molecule has 8 aromatic carbocycles. The number of furan rings is 1. The van der Waals surface area contributed by atoms with Gasteiger partial charge in [0.25, 0.3) is 0 Å². The van der Waals surface area contributed by atoms with Crippen LogP contribution in [-0.2, 0) is 0 Å². The van der Waals surface area contributed by atoms with Gasteiger partial charge in [0.2, 0.25) is 0 Å². The Balaban J connectivity index is 1.17. The largest absolute Gasteiger partial charge is 0.455 e. The second-order valence-corrected chi connectivity index (χ2v) is 14.7. The van der Waals surface area contributed by atoms with Gasteiger partial charge in [0.1, 0.15) is 11.2 Å². The summed E-state index contributed by atoms with van der Waals surface area (Å²) in [4.78, 5) is 0. The van der Waals surface area contributed by atoms with E-state index in [1.807, 2.05) is 23.5 Å². The lowest BCUT2D eigenvalue weighted by Gasteiger charge is -2.15. The van der Waals surface area contributed by atoms with Gasteiger partial charge >= 0.3 is 0 Å².